The van der Waals surface area contributed by atoms with E-state index in [1.807, 2.05) is 65.7 Å². The van der Waals surface area contributed by atoms with E-state index in [1.54, 1.807) is 23.9 Å². The molecule has 8 heteroatoms. The van der Waals surface area contributed by atoms with Crippen molar-refractivity contribution in [3.63, 3.8) is 0 Å². The van der Waals surface area contributed by atoms with Crippen molar-refractivity contribution in [3.05, 3.63) is 102 Å². The van der Waals surface area contributed by atoms with Crippen LogP contribution < -0.4 is 10.6 Å². The zero-order chi connectivity index (χ0) is 24.5. The lowest BCUT2D eigenvalue weighted by atomic mass is 10.1. The maximum Gasteiger partial charge on any atom is 0.287 e. The first-order valence-electron chi connectivity index (χ1n) is 11.4. The van der Waals surface area contributed by atoms with Crippen LogP contribution in [0.5, 0.6) is 0 Å². The number of aromatic nitrogens is 2. The van der Waals surface area contributed by atoms with Gasteiger partial charge < -0.3 is 15.1 Å². The first kappa shape index (κ1) is 24.3. The number of benzene rings is 2. The summed E-state index contributed by atoms with van der Waals surface area (Å²) in [5.41, 5.74) is 3.85. The van der Waals surface area contributed by atoms with Gasteiger partial charge in [-0.25, -0.2) is 0 Å². The molecule has 180 valence electrons. The van der Waals surface area contributed by atoms with E-state index in [0.717, 1.165) is 28.1 Å². The van der Waals surface area contributed by atoms with Gasteiger partial charge in [-0.05, 0) is 36.1 Å². The maximum absolute atomic E-state index is 13.1. The maximum atomic E-state index is 13.1. The molecule has 1 unspecified atom stereocenters. The lowest BCUT2D eigenvalue weighted by Gasteiger charge is -2.17. The average molecular weight is 489 g/mol. The van der Waals surface area contributed by atoms with E-state index in [4.69, 9.17) is 9.52 Å². The Morgan fingerprint density at radius 2 is 1.77 bits per heavy atom. The van der Waals surface area contributed by atoms with Crippen molar-refractivity contribution in [3.8, 4) is 11.3 Å². The lowest BCUT2D eigenvalue weighted by molar-refractivity contribution is -0.123. The van der Waals surface area contributed by atoms with Gasteiger partial charge in [0.2, 0.25) is 5.91 Å². The molecule has 35 heavy (non-hydrogen) atoms. The number of hydrogen-bond acceptors (Lipinski definition) is 5. The Kier molecular flexibility index (Phi) is 8.40. The van der Waals surface area contributed by atoms with Crippen LogP contribution in [0.25, 0.3) is 11.3 Å². The predicted octanol–water partition coefficient (Wildman–Crippen LogP) is 4.36. The summed E-state index contributed by atoms with van der Waals surface area (Å²) in [6.07, 6.45) is 5.88. The monoisotopic (exact) mass is 488 g/mol. The Labute approximate surface area is 208 Å². The summed E-state index contributed by atoms with van der Waals surface area (Å²) in [6, 6.07) is 22.6. The van der Waals surface area contributed by atoms with E-state index in [-0.39, 0.29) is 11.7 Å². The quantitative estimate of drug-likeness (QED) is 0.328. The molecule has 4 rings (SSSR count). The van der Waals surface area contributed by atoms with Gasteiger partial charge in [-0.2, -0.15) is 16.9 Å². The molecule has 2 aromatic heterocycles. The molecule has 0 spiro atoms. The molecule has 7 nitrogen and oxygen atoms in total. The Morgan fingerprint density at radius 3 is 2.46 bits per heavy atom. The third-order valence-corrected chi connectivity index (χ3v) is 6.15. The van der Waals surface area contributed by atoms with Crippen molar-refractivity contribution in [2.75, 3.05) is 12.0 Å². The van der Waals surface area contributed by atoms with Crippen LogP contribution in [0.15, 0.2) is 89.7 Å². The number of hydrogen-bond donors (Lipinski definition) is 2. The SMILES string of the molecule is CSCCC(NC(=O)c1ccco1)C(=O)NCc1cn(Cc2ccccc2)nc1-c1ccccc1. The summed E-state index contributed by atoms with van der Waals surface area (Å²) in [5, 5.41) is 10.6. The first-order valence-corrected chi connectivity index (χ1v) is 12.8. The third kappa shape index (κ3) is 6.64. The Bertz CT molecular complexity index is 1220. The topological polar surface area (TPSA) is 89.2 Å². The molecule has 2 aromatic carbocycles. The molecule has 0 saturated carbocycles. The first-order chi connectivity index (χ1) is 17.1. The van der Waals surface area contributed by atoms with Crippen LogP contribution in [-0.4, -0.2) is 39.6 Å². The standard InChI is InChI=1S/C27H28N4O3S/c1-35-16-14-23(29-27(33)24-13-8-15-34-24)26(32)28-17-22-19-31(18-20-9-4-2-5-10-20)30-25(22)21-11-6-3-7-12-21/h2-13,15,19,23H,14,16-18H2,1H3,(H,28,32)(H,29,33). The molecular weight excluding hydrogens is 460 g/mol. The van der Waals surface area contributed by atoms with Crippen molar-refractivity contribution in [2.24, 2.45) is 0 Å². The second kappa shape index (κ2) is 12.1. The molecule has 0 bridgehead atoms. The number of nitrogens with one attached hydrogen (secondary N) is 2. The molecule has 0 radical (unpaired) electrons. The molecular formula is C27H28N4O3S. The van der Waals surface area contributed by atoms with Crippen LogP contribution in [0, 0.1) is 0 Å². The van der Waals surface area contributed by atoms with E-state index >= 15 is 0 Å². The van der Waals surface area contributed by atoms with E-state index in [9.17, 15) is 9.59 Å². The van der Waals surface area contributed by atoms with Crippen LogP contribution in [0.1, 0.15) is 28.1 Å². The van der Waals surface area contributed by atoms with Crippen molar-refractivity contribution in [1.29, 1.82) is 0 Å². The normalized spacial score (nSPS) is 11.7. The summed E-state index contributed by atoms with van der Waals surface area (Å²) in [4.78, 5) is 25.5. The minimum Gasteiger partial charge on any atom is -0.459 e. The Morgan fingerprint density at radius 1 is 1.03 bits per heavy atom. The number of furan rings is 1. The number of rotatable bonds is 11. The minimum absolute atomic E-state index is 0.181. The smallest absolute Gasteiger partial charge is 0.287 e. The van der Waals surface area contributed by atoms with Gasteiger partial charge in [0.15, 0.2) is 5.76 Å². The van der Waals surface area contributed by atoms with Crippen LogP contribution >= 0.6 is 11.8 Å². The van der Waals surface area contributed by atoms with Crippen molar-refractivity contribution < 1.29 is 14.0 Å². The lowest BCUT2D eigenvalue weighted by Crippen LogP contribution is -2.46. The second-order valence-corrected chi connectivity index (χ2v) is 9.04. The van der Waals surface area contributed by atoms with Crippen molar-refractivity contribution in [1.82, 2.24) is 20.4 Å². The van der Waals surface area contributed by atoms with Gasteiger partial charge in [0.05, 0.1) is 18.5 Å². The summed E-state index contributed by atoms with van der Waals surface area (Å²) < 4.78 is 7.06. The summed E-state index contributed by atoms with van der Waals surface area (Å²) in [6.45, 7) is 0.925. The number of carbonyl (C=O) groups excluding carboxylic acids is 2. The van der Waals surface area contributed by atoms with Gasteiger partial charge in [-0.15, -0.1) is 0 Å². The molecule has 0 fully saturated rings. The Hall–Kier alpha value is -3.78. The van der Waals surface area contributed by atoms with E-state index < -0.39 is 11.9 Å². The van der Waals surface area contributed by atoms with E-state index in [1.165, 1.54) is 6.26 Å². The number of carbonyl (C=O) groups is 2. The van der Waals surface area contributed by atoms with Gasteiger partial charge in [0.25, 0.3) is 5.91 Å². The number of amides is 2. The van der Waals surface area contributed by atoms with Gasteiger partial charge in [0.1, 0.15) is 6.04 Å². The fourth-order valence-electron chi connectivity index (χ4n) is 3.73. The average Bonchev–Trinajstić information content (AvgIpc) is 3.57. The highest BCUT2D eigenvalue weighted by atomic mass is 32.2. The molecule has 0 saturated heterocycles. The molecule has 4 aromatic rings. The Balaban J connectivity index is 1.50. The molecule has 2 amide bonds. The number of thioether (sulfide) groups is 1. The van der Waals surface area contributed by atoms with Gasteiger partial charge in [0, 0.05) is 23.9 Å². The molecule has 2 heterocycles. The molecule has 2 N–H and O–H groups in total. The van der Waals surface area contributed by atoms with E-state index in [0.29, 0.717) is 19.5 Å². The van der Waals surface area contributed by atoms with E-state index in [2.05, 4.69) is 22.8 Å². The highest BCUT2D eigenvalue weighted by Gasteiger charge is 2.23. The van der Waals surface area contributed by atoms with Gasteiger partial charge in [-0.1, -0.05) is 60.7 Å². The molecule has 1 atom stereocenters. The predicted molar refractivity (Wildman–Crippen MR) is 138 cm³/mol. The van der Waals surface area contributed by atoms with Crippen LogP contribution in [0.4, 0.5) is 0 Å². The highest BCUT2D eigenvalue weighted by molar-refractivity contribution is 7.98. The fourth-order valence-corrected chi connectivity index (χ4v) is 4.20. The summed E-state index contributed by atoms with van der Waals surface area (Å²) in [5.74, 6) is 0.270. The minimum atomic E-state index is -0.667. The zero-order valence-electron chi connectivity index (χ0n) is 19.5. The van der Waals surface area contributed by atoms with Gasteiger partial charge >= 0.3 is 0 Å². The van der Waals surface area contributed by atoms with Crippen LogP contribution in [-0.2, 0) is 17.9 Å². The van der Waals surface area contributed by atoms with Crippen LogP contribution in [0.2, 0.25) is 0 Å². The molecule has 0 aliphatic heterocycles. The van der Waals surface area contributed by atoms with Crippen molar-refractivity contribution >= 4 is 23.6 Å². The van der Waals surface area contributed by atoms with Gasteiger partial charge in [-0.3, -0.25) is 14.3 Å². The highest BCUT2D eigenvalue weighted by Crippen LogP contribution is 2.22. The summed E-state index contributed by atoms with van der Waals surface area (Å²) in [7, 11) is 0. The molecule has 0 aliphatic rings. The zero-order valence-corrected chi connectivity index (χ0v) is 20.3. The summed E-state index contributed by atoms with van der Waals surface area (Å²) >= 11 is 1.62. The fraction of sp³-hybridized carbons (Fsp3) is 0.222. The number of nitrogens with zero attached hydrogens (tertiary/aromatic N) is 2. The van der Waals surface area contributed by atoms with Crippen molar-refractivity contribution in [2.45, 2.75) is 25.6 Å². The third-order valence-electron chi connectivity index (χ3n) is 5.50. The largest absolute Gasteiger partial charge is 0.459 e. The molecule has 0 aliphatic carbocycles. The second-order valence-electron chi connectivity index (χ2n) is 8.05. The van der Waals surface area contributed by atoms with Crippen LogP contribution in [0.3, 0.4) is 0 Å².